The number of nitrogens with zero attached hydrogens (tertiary/aromatic N) is 1. The van der Waals surface area contributed by atoms with Gasteiger partial charge in [0.1, 0.15) is 6.10 Å². The van der Waals surface area contributed by atoms with Gasteiger partial charge in [-0.15, -0.1) is 0 Å². The number of methoxy groups -OCH3 is 3. The number of ether oxygens (including phenoxy) is 4. The predicted molar refractivity (Wildman–Crippen MR) is 141 cm³/mol. The summed E-state index contributed by atoms with van der Waals surface area (Å²) in [6.07, 6.45) is 4.25. The quantitative estimate of drug-likeness (QED) is 0.547. The van der Waals surface area contributed by atoms with Gasteiger partial charge < -0.3 is 24.1 Å². The predicted octanol–water partition coefficient (Wildman–Crippen LogP) is 3.40. The number of benzene rings is 1. The standard InChI is InChI=1S/C31H43NO6/c1-5-32-16-29(17-35-2)12-11-24(37-4)31-20-13-19-22(36-3)15-30(34,21(27(31)32)14-23(29)31)25(20)26(19)38-28(33)18-9-7-6-8-10-18/h6-10,19-27,34H,5,11-17H2,1-4H3/t19-,20-,21+,22+,23-,24+,25?,26?,27?,29+,30+,31-/m1/s1. The van der Waals surface area contributed by atoms with Crippen molar-refractivity contribution in [3.63, 3.8) is 0 Å². The first kappa shape index (κ1) is 25.5. The Kier molecular flexibility index (Phi) is 5.86. The zero-order valence-corrected chi connectivity index (χ0v) is 23.2. The van der Waals surface area contributed by atoms with Crippen molar-refractivity contribution in [2.45, 2.75) is 69.0 Å². The molecule has 1 aliphatic heterocycles. The van der Waals surface area contributed by atoms with Crippen LogP contribution >= 0.6 is 0 Å². The molecule has 1 saturated heterocycles. The van der Waals surface area contributed by atoms with Gasteiger partial charge in [0.05, 0.1) is 30.0 Å². The molecule has 208 valence electrons. The van der Waals surface area contributed by atoms with E-state index >= 15 is 0 Å². The Balaban J connectivity index is 1.38. The summed E-state index contributed by atoms with van der Waals surface area (Å²) in [7, 11) is 5.47. The van der Waals surface area contributed by atoms with Crippen LogP contribution in [0.3, 0.4) is 0 Å². The molecule has 7 rings (SSSR count). The third-order valence-electron chi connectivity index (χ3n) is 12.4. The smallest absolute Gasteiger partial charge is 0.338 e. The van der Waals surface area contributed by atoms with Crippen LogP contribution in [0.25, 0.3) is 0 Å². The highest BCUT2D eigenvalue weighted by molar-refractivity contribution is 5.89. The summed E-state index contributed by atoms with van der Waals surface area (Å²) in [5, 5.41) is 12.9. The maximum atomic E-state index is 13.4. The van der Waals surface area contributed by atoms with Crippen molar-refractivity contribution in [2.24, 2.45) is 40.4 Å². The lowest BCUT2D eigenvalue weighted by Crippen LogP contribution is -2.76. The molecule has 3 unspecified atom stereocenters. The Hall–Kier alpha value is -1.51. The van der Waals surface area contributed by atoms with E-state index in [4.69, 9.17) is 18.9 Å². The Morgan fingerprint density at radius 1 is 1.11 bits per heavy atom. The maximum absolute atomic E-state index is 13.4. The summed E-state index contributed by atoms with van der Waals surface area (Å²) < 4.78 is 24.9. The van der Waals surface area contributed by atoms with Gasteiger partial charge in [0.2, 0.25) is 0 Å². The van der Waals surface area contributed by atoms with Crippen LogP contribution in [0, 0.1) is 40.4 Å². The maximum Gasteiger partial charge on any atom is 0.338 e. The minimum absolute atomic E-state index is 0.0645. The molecule has 6 aliphatic rings. The van der Waals surface area contributed by atoms with Crippen molar-refractivity contribution in [1.82, 2.24) is 4.90 Å². The minimum atomic E-state index is -0.942. The monoisotopic (exact) mass is 525 g/mol. The zero-order chi connectivity index (χ0) is 26.4. The fourth-order valence-electron chi connectivity index (χ4n) is 11.5. The highest BCUT2D eigenvalue weighted by Gasteiger charge is 2.84. The number of fused-ring (bicyclic) bond motifs is 2. The van der Waals surface area contributed by atoms with E-state index < -0.39 is 5.60 Å². The van der Waals surface area contributed by atoms with E-state index in [9.17, 15) is 9.90 Å². The molecule has 0 aromatic heterocycles. The Labute approximate surface area is 226 Å². The molecule has 1 heterocycles. The number of carbonyl (C=O) groups excluding carboxylic acids is 1. The second kappa shape index (κ2) is 8.74. The van der Waals surface area contributed by atoms with Gasteiger partial charge in [-0.05, 0) is 56.2 Å². The molecule has 6 fully saturated rings. The molecule has 7 bridgehead atoms. The van der Waals surface area contributed by atoms with Gasteiger partial charge in [0.15, 0.2) is 0 Å². The number of esters is 1. The molecule has 0 radical (unpaired) electrons. The molecule has 7 heteroatoms. The summed E-state index contributed by atoms with van der Waals surface area (Å²) in [4.78, 5) is 16.1. The molecule has 1 aromatic carbocycles. The fourth-order valence-corrected chi connectivity index (χ4v) is 11.5. The largest absolute Gasteiger partial charge is 0.458 e. The summed E-state index contributed by atoms with van der Waals surface area (Å²) in [5.41, 5.74) is -0.405. The highest BCUT2D eigenvalue weighted by Crippen LogP contribution is 2.79. The molecule has 12 atom stereocenters. The number of likely N-dealkylation sites (tertiary alicyclic amines) is 1. The summed E-state index contributed by atoms with van der Waals surface area (Å²) in [6.45, 7) is 4.99. The van der Waals surface area contributed by atoms with Crippen LogP contribution in [0.2, 0.25) is 0 Å². The number of hydrogen-bond acceptors (Lipinski definition) is 7. The van der Waals surface area contributed by atoms with Crippen molar-refractivity contribution in [2.75, 3.05) is 41.0 Å². The first-order valence-corrected chi connectivity index (χ1v) is 14.7. The molecule has 0 amide bonds. The summed E-state index contributed by atoms with van der Waals surface area (Å²) >= 11 is 0. The van der Waals surface area contributed by atoms with Crippen LogP contribution in [0.1, 0.15) is 49.4 Å². The summed E-state index contributed by atoms with van der Waals surface area (Å²) in [5.74, 6) is 0.395. The molecule has 1 N–H and O–H groups in total. The van der Waals surface area contributed by atoms with Gasteiger partial charge in [-0.1, -0.05) is 25.1 Å². The first-order valence-electron chi connectivity index (χ1n) is 14.7. The molecular formula is C31H43NO6. The number of rotatable bonds is 7. The molecule has 38 heavy (non-hydrogen) atoms. The molecule has 5 aliphatic carbocycles. The van der Waals surface area contributed by atoms with Crippen molar-refractivity contribution >= 4 is 5.97 Å². The third kappa shape index (κ3) is 2.95. The zero-order valence-electron chi connectivity index (χ0n) is 23.2. The number of carbonyl (C=O) groups is 1. The molecule has 7 nitrogen and oxygen atoms in total. The van der Waals surface area contributed by atoms with Gasteiger partial charge in [0.25, 0.3) is 0 Å². The van der Waals surface area contributed by atoms with E-state index in [-0.39, 0.29) is 64.8 Å². The van der Waals surface area contributed by atoms with Crippen molar-refractivity contribution < 1.29 is 28.8 Å². The van der Waals surface area contributed by atoms with E-state index in [1.807, 2.05) is 44.6 Å². The molecular weight excluding hydrogens is 482 g/mol. The van der Waals surface area contributed by atoms with Crippen LogP contribution in [0.5, 0.6) is 0 Å². The Bertz CT molecular complexity index is 1080. The van der Waals surface area contributed by atoms with Gasteiger partial charge in [-0.25, -0.2) is 4.79 Å². The van der Waals surface area contributed by atoms with Gasteiger partial charge in [-0.3, -0.25) is 4.90 Å². The van der Waals surface area contributed by atoms with Gasteiger partial charge >= 0.3 is 5.97 Å². The van der Waals surface area contributed by atoms with Crippen molar-refractivity contribution in [1.29, 1.82) is 0 Å². The van der Waals surface area contributed by atoms with Crippen LogP contribution in [0.4, 0.5) is 0 Å². The highest BCUT2D eigenvalue weighted by atomic mass is 16.6. The second-order valence-corrected chi connectivity index (χ2v) is 13.2. The molecule has 5 saturated carbocycles. The van der Waals surface area contributed by atoms with Crippen LogP contribution in [-0.4, -0.2) is 87.0 Å². The number of piperidine rings is 1. The lowest BCUT2D eigenvalue weighted by atomic mass is 9.43. The van der Waals surface area contributed by atoms with E-state index in [2.05, 4.69) is 11.8 Å². The Morgan fingerprint density at radius 2 is 1.89 bits per heavy atom. The normalized spacial score (nSPS) is 50.2. The van der Waals surface area contributed by atoms with Crippen LogP contribution < -0.4 is 0 Å². The third-order valence-corrected chi connectivity index (χ3v) is 12.4. The van der Waals surface area contributed by atoms with Gasteiger partial charge in [0, 0.05) is 68.9 Å². The second-order valence-electron chi connectivity index (χ2n) is 13.2. The SMILES string of the molecule is CCN1C[C@]2(COC)CC[C@H](OC)[C@]34C1[C@H](C[C@H]23)[C@@]1(O)C[C@H](OC)[C@H]2C[C@@H]4C1C2OC(=O)c1ccccc1. The number of aliphatic hydroxyl groups is 1. The lowest BCUT2D eigenvalue weighted by Gasteiger charge is -2.69. The van der Waals surface area contributed by atoms with Crippen LogP contribution in [-0.2, 0) is 18.9 Å². The van der Waals surface area contributed by atoms with Gasteiger partial charge in [-0.2, -0.15) is 0 Å². The van der Waals surface area contributed by atoms with Crippen LogP contribution in [0.15, 0.2) is 30.3 Å². The summed E-state index contributed by atoms with van der Waals surface area (Å²) in [6, 6.07) is 9.52. The average molecular weight is 526 g/mol. The van der Waals surface area contributed by atoms with E-state index in [1.54, 1.807) is 7.11 Å². The van der Waals surface area contributed by atoms with Crippen molar-refractivity contribution in [3.05, 3.63) is 35.9 Å². The lowest BCUT2D eigenvalue weighted by molar-refractivity contribution is -0.276. The fraction of sp³-hybridized carbons (Fsp3) is 0.774. The average Bonchev–Trinajstić information content (AvgIpc) is 3.38. The van der Waals surface area contributed by atoms with Crippen molar-refractivity contribution in [3.8, 4) is 0 Å². The number of hydrogen-bond donors (Lipinski definition) is 1. The molecule has 1 aromatic rings. The Morgan fingerprint density at radius 3 is 2.58 bits per heavy atom. The van der Waals surface area contributed by atoms with E-state index in [0.717, 1.165) is 45.4 Å². The van der Waals surface area contributed by atoms with E-state index in [1.165, 1.54) is 0 Å². The topological polar surface area (TPSA) is 77.5 Å². The first-order chi connectivity index (χ1) is 18.4. The van der Waals surface area contributed by atoms with E-state index in [0.29, 0.717) is 17.9 Å². The minimum Gasteiger partial charge on any atom is -0.458 e. The molecule has 1 spiro atoms.